The summed E-state index contributed by atoms with van der Waals surface area (Å²) >= 11 is 6.16. The molecule has 15 heavy (non-hydrogen) atoms. The predicted molar refractivity (Wildman–Crippen MR) is 62.1 cm³/mol. The van der Waals surface area contributed by atoms with Crippen LogP contribution in [0.3, 0.4) is 0 Å². The minimum absolute atomic E-state index is 0. The van der Waals surface area contributed by atoms with E-state index in [1.54, 1.807) is 6.07 Å². The molecule has 7 heteroatoms. The quantitative estimate of drug-likeness (QED) is 0.789. The van der Waals surface area contributed by atoms with Crippen molar-refractivity contribution in [3.05, 3.63) is 32.7 Å². The van der Waals surface area contributed by atoms with Crippen molar-refractivity contribution in [3.8, 4) is 0 Å². The van der Waals surface area contributed by atoms with Crippen LogP contribution in [-0.2, 0) is 0 Å². The van der Waals surface area contributed by atoms with E-state index in [0.29, 0.717) is 8.95 Å². The molecule has 0 aromatic heterocycles. The molecule has 1 aromatic rings. The monoisotopic (exact) mass is 367 g/mol. The Kier molecular flexibility index (Phi) is 5.60. The van der Waals surface area contributed by atoms with Crippen LogP contribution in [0.2, 0.25) is 0 Å². The maximum Gasteiger partial charge on any atom is 0.407 e. The lowest BCUT2D eigenvalue weighted by Gasteiger charge is -2.17. The third-order valence-electron chi connectivity index (χ3n) is 1.67. The number of benzene rings is 1. The van der Waals surface area contributed by atoms with Gasteiger partial charge in [0.2, 0.25) is 0 Å². The fourth-order valence-electron chi connectivity index (χ4n) is 0.937. The molecule has 2 N–H and O–H groups in total. The zero-order valence-electron chi connectivity index (χ0n) is 7.18. The molecule has 0 aliphatic rings. The molecule has 0 bridgehead atoms. The molecule has 1 nitrogen and oxygen atoms in total. The number of nitrogens with two attached hydrogens (primary N) is 1. The lowest BCUT2D eigenvalue weighted by Crippen LogP contribution is -2.28. The van der Waals surface area contributed by atoms with E-state index in [4.69, 9.17) is 5.73 Å². The second-order valence-electron chi connectivity index (χ2n) is 2.66. The Morgan fingerprint density at radius 1 is 1.20 bits per heavy atom. The molecule has 0 heterocycles. The molecule has 86 valence electrons. The summed E-state index contributed by atoms with van der Waals surface area (Å²) in [5.41, 5.74) is 5.09. The number of hydrogen-bond acceptors (Lipinski definition) is 1. The summed E-state index contributed by atoms with van der Waals surface area (Å²) in [6.45, 7) is 0. The Labute approximate surface area is 108 Å². The number of halogens is 6. The van der Waals surface area contributed by atoms with Crippen LogP contribution >= 0.6 is 44.3 Å². The Balaban J connectivity index is 0.00000196. The Morgan fingerprint density at radius 2 is 1.73 bits per heavy atom. The first-order valence-corrected chi connectivity index (χ1v) is 5.19. The van der Waals surface area contributed by atoms with Gasteiger partial charge in [0.15, 0.2) is 0 Å². The van der Waals surface area contributed by atoms with Crippen molar-refractivity contribution < 1.29 is 13.2 Å². The average molecular weight is 369 g/mol. The molecular weight excluding hydrogens is 362 g/mol. The van der Waals surface area contributed by atoms with Gasteiger partial charge in [0, 0.05) is 8.95 Å². The first kappa shape index (κ1) is 15.2. The molecule has 0 amide bonds. The molecule has 0 aliphatic heterocycles. The van der Waals surface area contributed by atoms with Gasteiger partial charge in [-0.25, -0.2) is 0 Å². The van der Waals surface area contributed by atoms with Crippen LogP contribution in [-0.4, -0.2) is 6.18 Å². The van der Waals surface area contributed by atoms with E-state index in [1.165, 1.54) is 12.1 Å². The first-order chi connectivity index (χ1) is 6.34. The van der Waals surface area contributed by atoms with Crippen LogP contribution < -0.4 is 5.73 Å². The maximum atomic E-state index is 12.3. The Morgan fingerprint density at radius 3 is 2.20 bits per heavy atom. The summed E-state index contributed by atoms with van der Waals surface area (Å²) in [5.74, 6) is 0. The van der Waals surface area contributed by atoms with Gasteiger partial charge in [-0.1, -0.05) is 12.1 Å². The van der Waals surface area contributed by atoms with Crippen molar-refractivity contribution in [1.82, 2.24) is 0 Å². The van der Waals surface area contributed by atoms with Crippen molar-refractivity contribution in [1.29, 1.82) is 0 Å². The molecule has 0 aliphatic carbocycles. The van der Waals surface area contributed by atoms with E-state index < -0.39 is 12.2 Å². The van der Waals surface area contributed by atoms with Gasteiger partial charge in [-0.3, -0.25) is 0 Å². The van der Waals surface area contributed by atoms with E-state index >= 15 is 0 Å². The van der Waals surface area contributed by atoms with Gasteiger partial charge >= 0.3 is 6.18 Å². The fourth-order valence-corrected chi connectivity index (χ4v) is 1.83. The van der Waals surface area contributed by atoms with Gasteiger partial charge in [0.25, 0.3) is 0 Å². The van der Waals surface area contributed by atoms with E-state index in [2.05, 4.69) is 31.9 Å². The molecule has 1 atom stereocenters. The largest absolute Gasteiger partial charge is 0.407 e. The van der Waals surface area contributed by atoms with E-state index in [0.717, 1.165) is 0 Å². The van der Waals surface area contributed by atoms with Crippen molar-refractivity contribution in [2.45, 2.75) is 12.2 Å². The van der Waals surface area contributed by atoms with Crippen LogP contribution in [0.1, 0.15) is 11.6 Å². The van der Waals surface area contributed by atoms with Crippen molar-refractivity contribution in [2.75, 3.05) is 0 Å². The number of rotatable bonds is 1. The molecule has 0 radical (unpaired) electrons. The lowest BCUT2D eigenvalue weighted by molar-refractivity contribution is -0.149. The third kappa shape index (κ3) is 3.62. The van der Waals surface area contributed by atoms with Gasteiger partial charge in [0.05, 0.1) is 0 Å². The third-order valence-corrected chi connectivity index (χ3v) is 3.75. The highest BCUT2D eigenvalue weighted by Crippen LogP contribution is 2.37. The minimum Gasteiger partial charge on any atom is -0.316 e. The first-order valence-electron chi connectivity index (χ1n) is 3.60. The molecule has 0 saturated carbocycles. The average Bonchev–Trinajstić information content (AvgIpc) is 2.07. The Bertz CT molecular complexity index is 343. The molecule has 1 aromatic carbocycles. The van der Waals surface area contributed by atoms with Crippen LogP contribution in [0.15, 0.2) is 27.1 Å². The number of hydrogen-bond donors (Lipinski definition) is 1. The molecule has 0 spiro atoms. The lowest BCUT2D eigenvalue weighted by atomic mass is 10.1. The van der Waals surface area contributed by atoms with Crippen LogP contribution in [0.25, 0.3) is 0 Å². The molecule has 0 fully saturated rings. The topological polar surface area (TPSA) is 26.0 Å². The zero-order valence-corrected chi connectivity index (χ0v) is 11.2. The van der Waals surface area contributed by atoms with Crippen molar-refractivity contribution in [2.24, 2.45) is 5.73 Å². The summed E-state index contributed by atoms with van der Waals surface area (Å²) in [5, 5.41) is 0. The van der Waals surface area contributed by atoms with Crippen molar-refractivity contribution in [3.63, 3.8) is 0 Å². The summed E-state index contributed by atoms with van der Waals surface area (Å²) in [4.78, 5) is 0. The summed E-state index contributed by atoms with van der Waals surface area (Å²) in [6.07, 6.45) is -4.43. The predicted octanol–water partition coefficient (Wildman–Crippen LogP) is 4.20. The highest BCUT2D eigenvalue weighted by Gasteiger charge is 2.38. The van der Waals surface area contributed by atoms with Gasteiger partial charge in [-0.05, 0) is 43.5 Å². The second-order valence-corrected chi connectivity index (χ2v) is 4.31. The molecule has 0 saturated heterocycles. The highest BCUT2D eigenvalue weighted by atomic mass is 79.9. The second kappa shape index (κ2) is 5.52. The van der Waals surface area contributed by atoms with Gasteiger partial charge < -0.3 is 5.73 Å². The molecular formula is C8H7Br2ClF3N. The molecule has 1 rings (SSSR count). The van der Waals surface area contributed by atoms with Gasteiger partial charge in [-0.2, -0.15) is 13.2 Å². The van der Waals surface area contributed by atoms with Crippen LogP contribution in [0.5, 0.6) is 0 Å². The smallest absolute Gasteiger partial charge is 0.316 e. The maximum absolute atomic E-state index is 12.3. The summed E-state index contributed by atoms with van der Waals surface area (Å²) in [6, 6.07) is 2.52. The van der Waals surface area contributed by atoms with Crippen LogP contribution in [0.4, 0.5) is 13.2 Å². The molecule has 0 unspecified atom stereocenters. The van der Waals surface area contributed by atoms with E-state index in [-0.39, 0.29) is 18.0 Å². The summed E-state index contributed by atoms with van der Waals surface area (Å²) in [7, 11) is 0. The Hall–Kier alpha value is 0.220. The van der Waals surface area contributed by atoms with Crippen LogP contribution in [0, 0.1) is 0 Å². The summed E-state index contributed by atoms with van der Waals surface area (Å²) < 4.78 is 37.7. The van der Waals surface area contributed by atoms with Gasteiger partial charge in [0.1, 0.15) is 6.04 Å². The minimum atomic E-state index is -4.43. The zero-order chi connectivity index (χ0) is 10.9. The SMILES string of the molecule is Cl.N[C@@H](c1cccc(Br)c1Br)C(F)(F)F. The fraction of sp³-hybridized carbons (Fsp3) is 0.250. The standard InChI is InChI=1S/C8H6Br2F3N.ClH/c9-5-3-1-2-4(6(5)10)7(14)8(11,12)13;/h1-3,7H,14H2;1H/t7-;/m0./s1. The van der Waals surface area contributed by atoms with E-state index in [1.807, 2.05) is 0 Å². The van der Waals surface area contributed by atoms with Crippen molar-refractivity contribution >= 4 is 44.3 Å². The number of alkyl halides is 3. The highest BCUT2D eigenvalue weighted by molar-refractivity contribution is 9.13. The van der Waals surface area contributed by atoms with E-state index in [9.17, 15) is 13.2 Å². The van der Waals surface area contributed by atoms with Gasteiger partial charge in [-0.15, -0.1) is 12.4 Å². The normalized spacial score (nSPS) is 13.2.